The molecule has 0 spiro atoms. The smallest absolute Gasteiger partial charge is 0.166 e. The molecule has 0 aliphatic rings. The molecule has 3 nitrogen and oxygen atoms in total. The highest BCUT2D eigenvalue weighted by atomic mass is 35.5. The second-order valence-corrected chi connectivity index (χ2v) is 8.50. The van der Waals surface area contributed by atoms with Gasteiger partial charge in [0, 0.05) is 6.42 Å². The topological polar surface area (TPSA) is 70.6 Å². The number of hydrogen-bond donors (Lipinski definition) is 1. The molecular weight excluding hydrogens is 406 g/mol. The van der Waals surface area contributed by atoms with E-state index < -0.39 is 0 Å². The average Bonchev–Trinajstić information content (AvgIpc) is 2.70. The maximum Gasteiger partial charge on any atom is 0.166 e. The van der Waals surface area contributed by atoms with E-state index in [0.29, 0.717) is 6.42 Å². The number of carbonyl (C=O) groups is 1. The SMILES string of the molecule is CCCC=C(C)C.CCCCCCCCCCCCCCCCCC(=O)C=C=O.[Cl-].[NH4+]. The number of rotatable bonds is 19. The summed E-state index contributed by atoms with van der Waals surface area (Å²) in [6, 6.07) is 0. The van der Waals surface area contributed by atoms with E-state index in [9.17, 15) is 9.59 Å². The zero-order chi connectivity index (χ0) is 22.0. The van der Waals surface area contributed by atoms with E-state index in [4.69, 9.17) is 0 Å². The van der Waals surface area contributed by atoms with Crippen molar-refractivity contribution in [1.29, 1.82) is 0 Å². The lowest BCUT2D eigenvalue weighted by atomic mass is 10.0. The molecule has 0 radical (unpaired) electrons. The molecule has 0 heterocycles. The van der Waals surface area contributed by atoms with Gasteiger partial charge in [0.05, 0.1) is 6.08 Å². The van der Waals surface area contributed by atoms with Gasteiger partial charge in [-0.25, -0.2) is 4.79 Å². The molecule has 4 N–H and O–H groups in total. The van der Waals surface area contributed by atoms with E-state index in [1.54, 1.807) is 5.94 Å². The number of carbonyl (C=O) groups excluding carboxylic acids is 2. The van der Waals surface area contributed by atoms with Crippen molar-refractivity contribution in [3.63, 3.8) is 0 Å². The molecule has 0 aromatic rings. The number of halogens is 1. The van der Waals surface area contributed by atoms with Crippen molar-refractivity contribution in [3.8, 4) is 0 Å². The van der Waals surface area contributed by atoms with Crippen molar-refractivity contribution >= 4 is 11.7 Å². The summed E-state index contributed by atoms with van der Waals surface area (Å²) in [5.41, 5.74) is 1.43. The van der Waals surface area contributed by atoms with Crippen molar-refractivity contribution in [3.05, 3.63) is 17.7 Å². The van der Waals surface area contributed by atoms with Crippen LogP contribution in [0.4, 0.5) is 0 Å². The Labute approximate surface area is 200 Å². The monoisotopic (exact) mass is 459 g/mol. The molecule has 0 rings (SSSR count). The van der Waals surface area contributed by atoms with Crippen LogP contribution in [-0.4, -0.2) is 11.7 Å². The predicted octanol–water partition coefficient (Wildman–Crippen LogP) is 6.34. The highest BCUT2D eigenvalue weighted by molar-refractivity contribution is 5.95. The van der Waals surface area contributed by atoms with Gasteiger partial charge in [-0.1, -0.05) is 122 Å². The van der Waals surface area contributed by atoms with E-state index in [1.807, 2.05) is 0 Å². The van der Waals surface area contributed by atoms with Crippen LogP contribution >= 0.6 is 0 Å². The minimum absolute atomic E-state index is 0. The third-order valence-corrected chi connectivity index (χ3v) is 5.09. The van der Waals surface area contributed by atoms with E-state index >= 15 is 0 Å². The van der Waals surface area contributed by atoms with Crippen molar-refractivity contribution in [1.82, 2.24) is 6.15 Å². The first-order valence-electron chi connectivity index (χ1n) is 12.5. The molecule has 0 amide bonds. The highest BCUT2D eigenvalue weighted by Crippen LogP contribution is 2.13. The van der Waals surface area contributed by atoms with Crippen molar-refractivity contribution in [2.45, 2.75) is 143 Å². The van der Waals surface area contributed by atoms with Crippen molar-refractivity contribution < 1.29 is 22.0 Å². The minimum Gasteiger partial charge on any atom is -1.00 e. The van der Waals surface area contributed by atoms with Crippen LogP contribution in [-0.2, 0) is 9.59 Å². The predicted molar refractivity (Wildman–Crippen MR) is 135 cm³/mol. The number of unbranched alkanes of at least 4 members (excludes halogenated alkanes) is 15. The number of allylic oxidation sites excluding steroid dienone is 3. The van der Waals surface area contributed by atoms with Crippen molar-refractivity contribution in [2.24, 2.45) is 0 Å². The van der Waals surface area contributed by atoms with Gasteiger partial charge < -0.3 is 18.6 Å². The summed E-state index contributed by atoms with van der Waals surface area (Å²) < 4.78 is 0. The summed E-state index contributed by atoms with van der Waals surface area (Å²) in [7, 11) is 0. The van der Waals surface area contributed by atoms with Crippen LogP contribution in [0.5, 0.6) is 0 Å². The van der Waals surface area contributed by atoms with Crippen LogP contribution in [0.2, 0.25) is 0 Å². The first-order valence-corrected chi connectivity index (χ1v) is 12.5. The summed E-state index contributed by atoms with van der Waals surface area (Å²) in [6.45, 7) is 8.73. The lowest BCUT2D eigenvalue weighted by Gasteiger charge is -2.03. The number of hydrogen-bond acceptors (Lipinski definition) is 2. The summed E-state index contributed by atoms with van der Waals surface area (Å²) >= 11 is 0. The fourth-order valence-electron chi connectivity index (χ4n) is 3.24. The van der Waals surface area contributed by atoms with E-state index in [0.717, 1.165) is 18.9 Å². The lowest BCUT2D eigenvalue weighted by molar-refractivity contribution is -0.114. The van der Waals surface area contributed by atoms with Gasteiger partial charge in [0.25, 0.3) is 0 Å². The first kappa shape index (κ1) is 37.4. The van der Waals surface area contributed by atoms with Crippen LogP contribution in [0.1, 0.15) is 143 Å². The van der Waals surface area contributed by atoms with Crippen molar-refractivity contribution in [2.75, 3.05) is 0 Å². The Morgan fingerprint density at radius 1 is 0.677 bits per heavy atom. The van der Waals surface area contributed by atoms with Gasteiger partial charge in [-0.2, -0.15) is 0 Å². The lowest BCUT2D eigenvalue weighted by Crippen LogP contribution is -3.00. The Kier molecular flexibility index (Phi) is 40.7. The second kappa shape index (κ2) is 33.7. The Balaban J connectivity index is -0.000000349. The van der Waals surface area contributed by atoms with Crippen LogP contribution in [0.3, 0.4) is 0 Å². The minimum atomic E-state index is -0.0790. The molecule has 0 bridgehead atoms. The molecule has 0 saturated carbocycles. The Hall–Kier alpha value is -0.890. The van der Waals surface area contributed by atoms with Gasteiger partial charge in [-0.3, -0.25) is 4.79 Å². The summed E-state index contributed by atoms with van der Waals surface area (Å²) in [4.78, 5) is 21.0. The molecule has 0 saturated heterocycles. The van der Waals surface area contributed by atoms with E-state index in [1.165, 1.54) is 102 Å². The Morgan fingerprint density at radius 2 is 1.06 bits per heavy atom. The summed E-state index contributed by atoms with van der Waals surface area (Å²) in [5.74, 6) is 1.47. The van der Waals surface area contributed by atoms with E-state index in [2.05, 4.69) is 33.8 Å². The molecule has 4 heteroatoms. The van der Waals surface area contributed by atoms with Gasteiger partial charge in [0.1, 0.15) is 5.94 Å². The van der Waals surface area contributed by atoms with Gasteiger partial charge in [0.2, 0.25) is 0 Å². The average molecular weight is 460 g/mol. The molecule has 0 aromatic carbocycles. The zero-order valence-corrected chi connectivity index (χ0v) is 22.3. The van der Waals surface area contributed by atoms with Gasteiger partial charge in [0.15, 0.2) is 5.78 Å². The Morgan fingerprint density at radius 3 is 1.35 bits per heavy atom. The van der Waals surface area contributed by atoms with Crippen LogP contribution in [0.25, 0.3) is 0 Å². The first-order chi connectivity index (χ1) is 14.1. The molecule has 186 valence electrons. The van der Waals surface area contributed by atoms with Crippen LogP contribution < -0.4 is 18.6 Å². The molecular formula is C27H54ClNO2. The Bertz CT molecular complexity index is 425. The maximum atomic E-state index is 11.1. The molecule has 0 aliphatic carbocycles. The number of quaternary nitrogens is 1. The van der Waals surface area contributed by atoms with Gasteiger partial charge in [-0.15, -0.1) is 0 Å². The quantitative estimate of drug-likeness (QED) is 0.106. The van der Waals surface area contributed by atoms with Gasteiger partial charge >= 0.3 is 0 Å². The fourth-order valence-corrected chi connectivity index (χ4v) is 3.24. The van der Waals surface area contributed by atoms with Crippen LogP contribution in [0, 0.1) is 0 Å². The summed E-state index contributed by atoms with van der Waals surface area (Å²) in [5, 5.41) is 0. The fraction of sp³-hybridized carbons (Fsp3) is 0.815. The van der Waals surface area contributed by atoms with Gasteiger partial charge in [-0.05, 0) is 26.7 Å². The third kappa shape index (κ3) is 40.1. The third-order valence-electron chi connectivity index (χ3n) is 5.09. The normalized spacial score (nSPS) is 9.29. The molecule has 0 fully saturated rings. The molecule has 0 atom stereocenters. The zero-order valence-electron chi connectivity index (χ0n) is 21.6. The highest BCUT2D eigenvalue weighted by Gasteiger charge is 1.97. The number of ketones is 1. The molecule has 0 aromatic heterocycles. The molecule has 0 aliphatic heterocycles. The second-order valence-electron chi connectivity index (χ2n) is 8.50. The van der Waals surface area contributed by atoms with E-state index in [-0.39, 0.29) is 24.3 Å². The largest absolute Gasteiger partial charge is 1.00 e. The maximum absolute atomic E-state index is 11.1. The molecule has 0 unspecified atom stereocenters. The van der Waals surface area contributed by atoms with Crippen LogP contribution in [0.15, 0.2) is 17.7 Å². The summed E-state index contributed by atoms with van der Waals surface area (Å²) in [6.07, 6.45) is 26.2. The molecule has 31 heavy (non-hydrogen) atoms. The standard InChI is InChI=1S/C20H36O2.C7H14.ClH.H3N/c1-2-3-4-5-6-7-8-9-10-11-12-13-14-15-16-17-20(22)18-19-21;1-4-5-6-7(2)3;;/h18H,2-17H2,1H3;6H,4-5H2,1-3H3;1H;1H3.